The first-order chi connectivity index (χ1) is 13.9. The molecular formula is C20H28N4O5. The quantitative estimate of drug-likeness (QED) is 0.764. The van der Waals surface area contributed by atoms with Crippen molar-refractivity contribution >= 4 is 12.1 Å². The average molecular weight is 404 g/mol. The summed E-state index contributed by atoms with van der Waals surface area (Å²) in [6, 6.07) is 5.74. The predicted octanol–water partition coefficient (Wildman–Crippen LogP) is 1.67. The van der Waals surface area contributed by atoms with Crippen LogP contribution in [-0.2, 0) is 4.74 Å². The lowest BCUT2D eigenvalue weighted by Gasteiger charge is -2.39. The minimum absolute atomic E-state index is 0.188. The molecule has 0 radical (unpaired) electrons. The molecule has 1 saturated heterocycles. The van der Waals surface area contributed by atoms with Gasteiger partial charge in [0.2, 0.25) is 6.79 Å². The maximum Gasteiger partial charge on any atom is 0.410 e. The van der Waals surface area contributed by atoms with Crippen LogP contribution in [-0.4, -0.2) is 79.6 Å². The number of guanidine groups is 1. The van der Waals surface area contributed by atoms with Gasteiger partial charge < -0.3 is 34.1 Å². The fraction of sp³-hybridized carbons (Fsp3) is 0.600. The van der Waals surface area contributed by atoms with Crippen LogP contribution in [0.1, 0.15) is 20.8 Å². The van der Waals surface area contributed by atoms with Crippen LogP contribution in [0, 0.1) is 0 Å². The van der Waals surface area contributed by atoms with Gasteiger partial charge in [-0.05, 0) is 32.9 Å². The zero-order chi connectivity index (χ0) is 20.4. The highest BCUT2D eigenvalue weighted by molar-refractivity contribution is 5.82. The maximum absolute atomic E-state index is 12.3. The first-order valence-corrected chi connectivity index (χ1v) is 9.94. The van der Waals surface area contributed by atoms with E-state index in [1.807, 2.05) is 39.0 Å². The molecule has 9 nitrogen and oxygen atoms in total. The molecule has 1 aromatic rings. The Balaban J connectivity index is 1.20. The van der Waals surface area contributed by atoms with E-state index in [2.05, 4.69) is 15.2 Å². The van der Waals surface area contributed by atoms with Gasteiger partial charge >= 0.3 is 6.09 Å². The lowest BCUT2D eigenvalue weighted by Crippen LogP contribution is -2.57. The first-order valence-electron chi connectivity index (χ1n) is 9.94. The molecular weight excluding hydrogens is 376 g/mol. The molecule has 3 heterocycles. The zero-order valence-electron chi connectivity index (χ0n) is 17.1. The molecule has 0 spiro atoms. The van der Waals surface area contributed by atoms with E-state index in [4.69, 9.17) is 18.9 Å². The van der Waals surface area contributed by atoms with Crippen molar-refractivity contribution in [2.45, 2.75) is 32.4 Å². The van der Waals surface area contributed by atoms with E-state index in [0.29, 0.717) is 38.5 Å². The summed E-state index contributed by atoms with van der Waals surface area (Å²) in [6.07, 6.45) is -0.254. The van der Waals surface area contributed by atoms with Gasteiger partial charge in [0, 0.05) is 25.7 Å². The number of benzene rings is 1. The van der Waals surface area contributed by atoms with Crippen molar-refractivity contribution in [3.05, 3.63) is 18.2 Å². The summed E-state index contributed by atoms with van der Waals surface area (Å²) in [6.45, 7) is 9.69. The molecule has 29 heavy (non-hydrogen) atoms. The highest BCUT2D eigenvalue weighted by atomic mass is 16.7. The molecule has 1 fully saturated rings. The van der Waals surface area contributed by atoms with Crippen molar-refractivity contribution in [3.63, 3.8) is 0 Å². The van der Waals surface area contributed by atoms with Gasteiger partial charge in [0.1, 0.15) is 18.0 Å². The Morgan fingerprint density at radius 2 is 2.10 bits per heavy atom. The number of fused-ring (bicyclic) bond motifs is 2. The SMILES string of the molecule is CC(C)(C)OC(=O)N1CCN2C(NCCOc3ccc4c(c3)OCO4)=NCC2C1. The van der Waals surface area contributed by atoms with E-state index in [9.17, 15) is 4.79 Å². The summed E-state index contributed by atoms with van der Waals surface area (Å²) >= 11 is 0. The summed E-state index contributed by atoms with van der Waals surface area (Å²) in [5.74, 6) is 3.06. The number of rotatable bonds is 4. The molecule has 1 aromatic carbocycles. The zero-order valence-corrected chi connectivity index (χ0v) is 17.1. The molecule has 0 bridgehead atoms. The van der Waals surface area contributed by atoms with Gasteiger partial charge in [-0.25, -0.2) is 4.79 Å². The first kappa shape index (κ1) is 19.5. The van der Waals surface area contributed by atoms with E-state index in [0.717, 1.165) is 24.0 Å². The number of amides is 1. The molecule has 1 N–H and O–H groups in total. The molecule has 0 aromatic heterocycles. The van der Waals surface area contributed by atoms with Crippen molar-refractivity contribution in [2.75, 3.05) is 46.1 Å². The fourth-order valence-electron chi connectivity index (χ4n) is 3.52. The second kappa shape index (κ2) is 7.88. The van der Waals surface area contributed by atoms with Crippen molar-refractivity contribution in [1.82, 2.24) is 15.1 Å². The number of carbonyl (C=O) groups excluding carboxylic acids is 1. The number of hydrogen-bond acceptors (Lipinski definition) is 8. The lowest BCUT2D eigenvalue weighted by molar-refractivity contribution is 0.0137. The Morgan fingerprint density at radius 3 is 2.93 bits per heavy atom. The number of piperazine rings is 1. The average Bonchev–Trinajstić information content (AvgIpc) is 3.29. The summed E-state index contributed by atoms with van der Waals surface area (Å²) < 4.78 is 21.9. The number of ether oxygens (including phenoxy) is 4. The molecule has 9 heteroatoms. The topological polar surface area (TPSA) is 84.9 Å². The summed E-state index contributed by atoms with van der Waals surface area (Å²) in [5.41, 5.74) is -0.481. The molecule has 0 saturated carbocycles. The number of hydrogen-bond donors (Lipinski definition) is 1. The Kier molecular flexibility index (Phi) is 5.29. The van der Waals surface area contributed by atoms with E-state index in [-0.39, 0.29) is 18.9 Å². The predicted molar refractivity (Wildman–Crippen MR) is 107 cm³/mol. The second-order valence-electron chi connectivity index (χ2n) is 8.23. The van der Waals surface area contributed by atoms with E-state index in [1.165, 1.54) is 0 Å². The minimum atomic E-state index is -0.481. The molecule has 0 aliphatic carbocycles. The van der Waals surface area contributed by atoms with Gasteiger partial charge in [0.25, 0.3) is 0 Å². The number of nitrogens with one attached hydrogen (secondary N) is 1. The highest BCUT2D eigenvalue weighted by Crippen LogP contribution is 2.35. The van der Waals surface area contributed by atoms with Gasteiger partial charge in [-0.3, -0.25) is 4.99 Å². The Hall–Kier alpha value is -2.84. The highest BCUT2D eigenvalue weighted by Gasteiger charge is 2.36. The third kappa shape index (κ3) is 4.60. The molecule has 158 valence electrons. The third-order valence-electron chi connectivity index (χ3n) is 4.86. The summed E-state index contributed by atoms with van der Waals surface area (Å²) in [7, 11) is 0. The molecule has 3 aliphatic rings. The van der Waals surface area contributed by atoms with Crippen LogP contribution in [0.15, 0.2) is 23.2 Å². The van der Waals surface area contributed by atoms with Crippen molar-refractivity contribution in [3.8, 4) is 17.2 Å². The van der Waals surface area contributed by atoms with Gasteiger partial charge in [0.05, 0.1) is 19.1 Å². The van der Waals surface area contributed by atoms with Gasteiger partial charge in [-0.2, -0.15) is 0 Å². The van der Waals surface area contributed by atoms with Crippen LogP contribution in [0.3, 0.4) is 0 Å². The van der Waals surface area contributed by atoms with Crippen molar-refractivity contribution in [2.24, 2.45) is 4.99 Å². The van der Waals surface area contributed by atoms with Crippen LogP contribution < -0.4 is 19.5 Å². The standard InChI is InChI=1S/C20H28N4O5/c1-20(2,3)29-19(25)23-7-8-24-14(12-23)11-22-18(24)21-6-9-26-15-4-5-16-17(10-15)28-13-27-16/h4-5,10,14H,6-9,11-13H2,1-3H3,(H,21,22). The van der Waals surface area contributed by atoms with Gasteiger partial charge in [-0.15, -0.1) is 0 Å². The van der Waals surface area contributed by atoms with Crippen LogP contribution in [0.5, 0.6) is 17.2 Å². The van der Waals surface area contributed by atoms with Crippen LogP contribution in [0.25, 0.3) is 0 Å². The molecule has 4 rings (SSSR count). The maximum atomic E-state index is 12.3. The largest absolute Gasteiger partial charge is 0.492 e. The van der Waals surface area contributed by atoms with E-state index >= 15 is 0 Å². The third-order valence-corrected chi connectivity index (χ3v) is 4.86. The number of aliphatic imine (C=N–C) groups is 1. The van der Waals surface area contributed by atoms with Gasteiger partial charge in [-0.1, -0.05) is 0 Å². The Morgan fingerprint density at radius 1 is 1.28 bits per heavy atom. The normalized spacial score (nSPS) is 20.2. The smallest absolute Gasteiger partial charge is 0.410 e. The van der Waals surface area contributed by atoms with Crippen molar-refractivity contribution in [1.29, 1.82) is 0 Å². The minimum Gasteiger partial charge on any atom is -0.492 e. The molecule has 1 amide bonds. The fourth-order valence-corrected chi connectivity index (χ4v) is 3.52. The van der Waals surface area contributed by atoms with Crippen LogP contribution in [0.2, 0.25) is 0 Å². The van der Waals surface area contributed by atoms with Crippen molar-refractivity contribution < 1.29 is 23.7 Å². The van der Waals surface area contributed by atoms with E-state index < -0.39 is 5.60 Å². The molecule has 1 unspecified atom stereocenters. The Bertz CT molecular complexity index is 792. The monoisotopic (exact) mass is 404 g/mol. The van der Waals surface area contributed by atoms with E-state index in [1.54, 1.807) is 4.90 Å². The molecule has 3 aliphatic heterocycles. The number of carbonyl (C=O) groups is 1. The van der Waals surface area contributed by atoms with Gasteiger partial charge in [0.15, 0.2) is 17.5 Å². The second-order valence-corrected chi connectivity index (χ2v) is 8.23. The Labute approximate surface area is 170 Å². The van der Waals surface area contributed by atoms with Crippen LogP contribution >= 0.6 is 0 Å². The molecule has 1 atom stereocenters. The number of nitrogens with zero attached hydrogens (tertiary/aromatic N) is 3. The van der Waals surface area contributed by atoms with Crippen LogP contribution in [0.4, 0.5) is 4.79 Å². The summed E-state index contributed by atoms with van der Waals surface area (Å²) in [4.78, 5) is 20.9. The summed E-state index contributed by atoms with van der Waals surface area (Å²) in [5, 5.41) is 3.35. The lowest BCUT2D eigenvalue weighted by atomic mass is 10.2.